The number of nitrogens with one attached hydrogen (secondary N) is 2. The second kappa shape index (κ2) is 11.0. The second-order valence-electron chi connectivity index (χ2n) is 5.91. The number of esters is 1. The first-order valence-electron chi connectivity index (χ1n) is 8.88. The normalized spacial score (nSPS) is 11.0. The summed E-state index contributed by atoms with van der Waals surface area (Å²) in [6, 6.07) is 11.8. The van der Waals surface area contributed by atoms with Gasteiger partial charge in [0.1, 0.15) is 11.5 Å². The fourth-order valence-electron chi connectivity index (χ4n) is 2.26. The van der Waals surface area contributed by atoms with Gasteiger partial charge in [-0.15, -0.1) is 11.3 Å². The molecule has 158 valence electrons. The topological polar surface area (TPSA) is 110 Å². The van der Waals surface area contributed by atoms with Gasteiger partial charge in [-0.05, 0) is 47.9 Å². The summed E-state index contributed by atoms with van der Waals surface area (Å²) in [5, 5.41) is 8.13. The fraction of sp³-hybridized carbons (Fsp3) is 0.0476. The summed E-state index contributed by atoms with van der Waals surface area (Å²) in [7, 11) is 0. The van der Waals surface area contributed by atoms with Crippen molar-refractivity contribution in [2.45, 2.75) is 0 Å². The van der Waals surface area contributed by atoms with E-state index in [1.54, 1.807) is 47.8 Å². The molecule has 2 aromatic heterocycles. The minimum absolute atomic E-state index is 0.230. The standard InChI is InChI=1S/C21H16BrN3O5S/c22-15-5-7-17(30-20(27)8-6-16-3-1-9-29-16)14(11-15)12-24-25-19(26)13-23-21(28)18-4-2-10-31-18/h1-12H,13H2,(H,23,28)(H,25,26)/b8-6+,24-12+. The number of thiophene rings is 1. The highest BCUT2D eigenvalue weighted by Gasteiger charge is 2.09. The molecule has 2 heterocycles. The highest BCUT2D eigenvalue weighted by atomic mass is 79.9. The Balaban J connectivity index is 1.55. The number of nitrogens with zero attached hydrogens (tertiary/aromatic N) is 1. The monoisotopic (exact) mass is 501 g/mol. The molecule has 0 radical (unpaired) electrons. The van der Waals surface area contributed by atoms with Gasteiger partial charge in [0, 0.05) is 16.1 Å². The zero-order valence-corrected chi connectivity index (χ0v) is 18.3. The molecule has 0 saturated carbocycles. The van der Waals surface area contributed by atoms with Crippen LogP contribution < -0.4 is 15.5 Å². The Kier molecular flexibility index (Phi) is 7.91. The minimum Gasteiger partial charge on any atom is -0.465 e. The van der Waals surface area contributed by atoms with Gasteiger partial charge in [-0.2, -0.15) is 5.10 Å². The Morgan fingerprint density at radius 3 is 2.81 bits per heavy atom. The van der Waals surface area contributed by atoms with Crippen molar-refractivity contribution in [1.82, 2.24) is 10.7 Å². The Hall–Kier alpha value is -3.50. The van der Waals surface area contributed by atoms with E-state index >= 15 is 0 Å². The van der Waals surface area contributed by atoms with Crippen LogP contribution in [0, 0.1) is 0 Å². The maximum Gasteiger partial charge on any atom is 0.336 e. The predicted molar refractivity (Wildman–Crippen MR) is 120 cm³/mol. The van der Waals surface area contributed by atoms with E-state index in [1.807, 2.05) is 0 Å². The van der Waals surface area contributed by atoms with Gasteiger partial charge in [0.25, 0.3) is 11.8 Å². The number of rotatable bonds is 8. The molecule has 0 bridgehead atoms. The summed E-state index contributed by atoms with van der Waals surface area (Å²) in [5.74, 6) is -0.674. The van der Waals surface area contributed by atoms with Gasteiger partial charge in [0.05, 0.1) is 23.9 Å². The molecule has 0 aliphatic rings. The number of amides is 2. The van der Waals surface area contributed by atoms with Gasteiger partial charge in [-0.25, -0.2) is 10.2 Å². The number of halogens is 1. The summed E-state index contributed by atoms with van der Waals surface area (Å²) >= 11 is 4.62. The summed E-state index contributed by atoms with van der Waals surface area (Å²) in [4.78, 5) is 36.3. The average molecular weight is 502 g/mol. The smallest absolute Gasteiger partial charge is 0.336 e. The van der Waals surface area contributed by atoms with Crippen molar-refractivity contribution in [2.75, 3.05) is 6.54 Å². The van der Waals surface area contributed by atoms with Crippen LogP contribution in [0.5, 0.6) is 5.75 Å². The van der Waals surface area contributed by atoms with Crippen LogP contribution in [-0.4, -0.2) is 30.5 Å². The molecule has 0 unspecified atom stereocenters. The maximum atomic E-state index is 12.1. The third kappa shape index (κ3) is 7.05. The zero-order valence-electron chi connectivity index (χ0n) is 15.9. The van der Waals surface area contributed by atoms with Crippen molar-refractivity contribution in [1.29, 1.82) is 0 Å². The van der Waals surface area contributed by atoms with E-state index in [0.29, 0.717) is 16.2 Å². The zero-order chi connectivity index (χ0) is 22.1. The lowest BCUT2D eigenvalue weighted by Gasteiger charge is -2.06. The van der Waals surface area contributed by atoms with Crippen molar-refractivity contribution in [3.63, 3.8) is 0 Å². The fourth-order valence-corrected chi connectivity index (χ4v) is 3.28. The van der Waals surface area contributed by atoms with Crippen molar-refractivity contribution in [3.8, 4) is 5.75 Å². The Labute approximate surface area is 189 Å². The van der Waals surface area contributed by atoms with Gasteiger partial charge in [0.2, 0.25) is 0 Å². The number of ether oxygens (including phenoxy) is 1. The largest absolute Gasteiger partial charge is 0.465 e. The molecule has 2 N–H and O–H groups in total. The van der Waals surface area contributed by atoms with Crippen LogP contribution in [0.1, 0.15) is 21.0 Å². The van der Waals surface area contributed by atoms with E-state index in [2.05, 4.69) is 31.8 Å². The van der Waals surface area contributed by atoms with Crippen LogP contribution in [0.3, 0.4) is 0 Å². The molecule has 10 heteroatoms. The number of hydrazone groups is 1. The van der Waals surface area contributed by atoms with Crippen LogP contribution in [-0.2, 0) is 9.59 Å². The van der Waals surface area contributed by atoms with Gasteiger partial charge in [0.15, 0.2) is 0 Å². The third-order valence-electron chi connectivity index (χ3n) is 3.66. The molecule has 1 aromatic carbocycles. The van der Waals surface area contributed by atoms with Crippen molar-refractivity contribution < 1.29 is 23.5 Å². The lowest BCUT2D eigenvalue weighted by molar-refractivity contribution is -0.129. The van der Waals surface area contributed by atoms with Gasteiger partial charge in [-0.1, -0.05) is 22.0 Å². The predicted octanol–water partition coefficient (Wildman–Crippen LogP) is 3.60. The second-order valence-corrected chi connectivity index (χ2v) is 7.77. The Morgan fingerprint density at radius 1 is 1.19 bits per heavy atom. The number of benzene rings is 1. The quantitative estimate of drug-likeness (QED) is 0.161. The highest BCUT2D eigenvalue weighted by Crippen LogP contribution is 2.22. The van der Waals surface area contributed by atoms with E-state index in [4.69, 9.17) is 9.15 Å². The third-order valence-corrected chi connectivity index (χ3v) is 5.02. The van der Waals surface area contributed by atoms with Crippen LogP contribution in [0.15, 0.2) is 74.2 Å². The van der Waals surface area contributed by atoms with Crippen molar-refractivity contribution >= 4 is 57.3 Å². The molecule has 0 atom stereocenters. The van der Waals surface area contributed by atoms with Crippen LogP contribution in [0.4, 0.5) is 0 Å². The van der Waals surface area contributed by atoms with Gasteiger partial charge >= 0.3 is 5.97 Å². The minimum atomic E-state index is -0.603. The van der Waals surface area contributed by atoms with Crippen LogP contribution >= 0.6 is 27.3 Å². The molecule has 0 fully saturated rings. The molecule has 0 aliphatic carbocycles. The molecule has 31 heavy (non-hydrogen) atoms. The van der Waals surface area contributed by atoms with E-state index in [9.17, 15) is 14.4 Å². The number of hydrogen-bond acceptors (Lipinski definition) is 7. The summed E-state index contributed by atoms with van der Waals surface area (Å²) in [6.45, 7) is -0.230. The van der Waals surface area contributed by atoms with Gasteiger partial charge in [-0.3, -0.25) is 9.59 Å². The van der Waals surface area contributed by atoms with E-state index in [0.717, 1.165) is 4.47 Å². The van der Waals surface area contributed by atoms with Crippen molar-refractivity contribution in [2.24, 2.45) is 5.10 Å². The lowest BCUT2D eigenvalue weighted by Crippen LogP contribution is -2.34. The van der Waals surface area contributed by atoms with Crippen LogP contribution in [0.25, 0.3) is 6.08 Å². The Morgan fingerprint density at radius 2 is 2.06 bits per heavy atom. The van der Waals surface area contributed by atoms with Crippen molar-refractivity contribution in [3.05, 3.63) is 80.9 Å². The first-order valence-corrected chi connectivity index (χ1v) is 10.5. The van der Waals surface area contributed by atoms with Crippen LogP contribution in [0.2, 0.25) is 0 Å². The van der Waals surface area contributed by atoms with Gasteiger partial charge < -0.3 is 14.5 Å². The first kappa shape index (κ1) is 22.2. The summed E-state index contributed by atoms with van der Waals surface area (Å²) < 4.78 is 11.2. The highest BCUT2D eigenvalue weighted by molar-refractivity contribution is 9.10. The summed E-state index contributed by atoms with van der Waals surface area (Å²) in [6.07, 6.45) is 5.55. The number of hydrogen-bond donors (Lipinski definition) is 2. The average Bonchev–Trinajstić information content (AvgIpc) is 3.46. The molecular weight excluding hydrogens is 486 g/mol. The molecular formula is C21H16BrN3O5S. The summed E-state index contributed by atoms with van der Waals surface area (Å²) in [5.41, 5.74) is 2.77. The van der Waals surface area contributed by atoms with E-state index in [1.165, 1.54) is 36.0 Å². The Bertz CT molecular complexity index is 1110. The van der Waals surface area contributed by atoms with E-state index in [-0.39, 0.29) is 18.2 Å². The lowest BCUT2D eigenvalue weighted by atomic mass is 10.2. The number of carbonyl (C=O) groups excluding carboxylic acids is 3. The molecule has 8 nitrogen and oxygen atoms in total. The first-order chi connectivity index (χ1) is 15.0. The molecule has 0 aliphatic heterocycles. The van der Waals surface area contributed by atoms with E-state index < -0.39 is 11.9 Å². The molecule has 2 amide bonds. The number of furan rings is 1. The maximum absolute atomic E-state index is 12.1. The SMILES string of the molecule is O=C(CNC(=O)c1cccs1)N/N=C/c1cc(Br)ccc1OC(=O)/C=C/c1ccco1. The molecule has 3 aromatic rings. The number of carbonyl (C=O) groups is 3. The molecule has 3 rings (SSSR count). The molecule has 0 saturated heterocycles. The molecule has 0 spiro atoms.